The highest BCUT2D eigenvalue weighted by Gasteiger charge is 2.17. The van der Waals surface area contributed by atoms with Crippen LogP contribution in [0.1, 0.15) is 20.8 Å². The molecule has 0 aliphatic carbocycles. The lowest BCUT2D eigenvalue weighted by atomic mass is 10.0. The van der Waals surface area contributed by atoms with E-state index in [1.165, 1.54) is 7.11 Å². The summed E-state index contributed by atoms with van der Waals surface area (Å²) < 4.78 is 4.76. The van der Waals surface area contributed by atoms with E-state index in [1.54, 1.807) is 30.3 Å². The molecule has 0 radical (unpaired) electrons. The maximum absolute atomic E-state index is 11.8. The molecule has 0 aliphatic rings. The first kappa shape index (κ1) is 15.8. The topological polar surface area (TPSA) is 92.3 Å². The Morgan fingerprint density at radius 1 is 1.04 bits per heavy atom. The molecule has 0 unspecified atom stereocenters. The van der Waals surface area contributed by atoms with Gasteiger partial charge in [0.2, 0.25) is 0 Å². The summed E-state index contributed by atoms with van der Waals surface area (Å²) in [5.74, 6) is -1.57. The first-order valence-corrected chi connectivity index (χ1v) is 7.92. The molecule has 0 fully saturated rings. The molecule has 26 heavy (non-hydrogen) atoms. The zero-order valence-corrected chi connectivity index (χ0v) is 13.8. The monoisotopic (exact) mass is 346 g/mol. The molecular weight excluding hydrogens is 332 g/mol. The molecule has 0 saturated carbocycles. The second-order valence-electron chi connectivity index (χ2n) is 5.83. The first-order valence-electron chi connectivity index (χ1n) is 7.92. The number of aromatic nitrogens is 2. The number of carbonyl (C=O) groups excluding carboxylic acids is 1. The summed E-state index contributed by atoms with van der Waals surface area (Å²) >= 11 is 0. The molecule has 6 nitrogen and oxygen atoms in total. The molecule has 0 aliphatic heterocycles. The lowest BCUT2D eigenvalue weighted by Gasteiger charge is -2.07. The minimum atomic E-state index is -1.11. The number of benzene rings is 2. The average molecular weight is 346 g/mol. The largest absolute Gasteiger partial charge is 0.477 e. The van der Waals surface area contributed by atoms with E-state index < -0.39 is 11.9 Å². The molecule has 4 rings (SSSR count). The molecule has 0 spiro atoms. The summed E-state index contributed by atoms with van der Waals surface area (Å²) in [6.45, 7) is 0. The van der Waals surface area contributed by atoms with E-state index in [1.807, 2.05) is 24.3 Å². The van der Waals surface area contributed by atoms with E-state index in [-0.39, 0.29) is 5.69 Å². The fourth-order valence-corrected chi connectivity index (χ4v) is 3.08. The molecule has 6 heteroatoms. The van der Waals surface area contributed by atoms with Gasteiger partial charge in [-0.05, 0) is 24.3 Å². The third-order valence-corrected chi connectivity index (χ3v) is 4.27. The molecule has 4 aromatic rings. The molecule has 2 heterocycles. The standard InChI is InChI=1S/C20H14N2O4/c1-26-20(25)12-6-4-5-11(9-12)17-18-14(10-16(22-17)19(23)24)13-7-2-3-8-15(13)21-18/h2-10,21H,1H3,(H,23,24). The van der Waals surface area contributed by atoms with E-state index in [4.69, 9.17) is 4.74 Å². The molecular formula is C20H14N2O4. The summed E-state index contributed by atoms with van der Waals surface area (Å²) in [6.07, 6.45) is 0. The highest BCUT2D eigenvalue weighted by Crippen LogP contribution is 2.33. The Labute approximate surface area is 148 Å². The number of hydrogen-bond acceptors (Lipinski definition) is 4. The van der Waals surface area contributed by atoms with Crippen LogP contribution in [0.5, 0.6) is 0 Å². The van der Waals surface area contributed by atoms with Gasteiger partial charge in [0.1, 0.15) is 5.69 Å². The van der Waals surface area contributed by atoms with Crippen molar-refractivity contribution in [3.8, 4) is 11.3 Å². The highest BCUT2D eigenvalue weighted by atomic mass is 16.5. The number of rotatable bonds is 3. The Hall–Kier alpha value is -3.67. The maximum Gasteiger partial charge on any atom is 0.354 e. The van der Waals surface area contributed by atoms with Gasteiger partial charge < -0.3 is 14.8 Å². The van der Waals surface area contributed by atoms with Crippen molar-refractivity contribution in [1.29, 1.82) is 0 Å². The summed E-state index contributed by atoms with van der Waals surface area (Å²) in [6, 6.07) is 16.0. The van der Waals surface area contributed by atoms with Gasteiger partial charge in [-0.1, -0.05) is 30.3 Å². The zero-order chi connectivity index (χ0) is 18.3. The van der Waals surface area contributed by atoms with Crippen LogP contribution in [0.15, 0.2) is 54.6 Å². The number of methoxy groups -OCH3 is 1. The van der Waals surface area contributed by atoms with Crippen LogP contribution in [0, 0.1) is 0 Å². The quantitative estimate of drug-likeness (QED) is 0.549. The second kappa shape index (κ2) is 6.00. The van der Waals surface area contributed by atoms with Gasteiger partial charge in [-0.2, -0.15) is 0 Å². The normalized spacial score (nSPS) is 11.0. The molecule has 0 saturated heterocycles. The number of aromatic carboxylic acids is 1. The van der Waals surface area contributed by atoms with Gasteiger partial charge >= 0.3 is 11.9 Å². The zero-order valence-electron chi connectivity index (χ0n) is 13.8. The minimum Gasteiger partial charge on any atom is -0.477 e. The lowest BCUT2D eigenvalue weighted by molar-refractivity contribution is 0.0599. The molecule has 0 bridgehead atoms. The summed E-state index contributed by atoms with van der Waals surface area (Å²) in [7, 11) is 1.31. The van der Waals surface area contributed by atoms with Crippen LogP contribution >= 0.6 is 0 Å². The number of carboxylic acid groups (broad SMARTS) is 1. The molecule has 0 amide bonds. The van der Waals surface area contributed by atoms with Gasteiger partial charge in [0, 0.05) is 21.9 Å². The van der Waals surface area contributed by atoms with Gasteiger partial charge in [-0.25, -0.2) is 14.6 Å². The van der Waals surface area contributed by atoms with Crippen molar-refractivity contribution in [2.45, 2.75) is 0 Å². The van der Waals surface area contributed by atoms with Crippen molar-refractivity contribution in [3.63, 3.8) is 0 Å². The number of fused-ring (bicyclic) bond motifs is 3. The SMILES string of the molecule is COC(=O)c1cccc(-c2nc(C(=O)O)cc3c2[nH]c2ccccc23)c1. The van der Waals surface area contributed by atoms with Crippen molar-refractivity contribution in [2.75, 3.05) is 7.11 Å². The number of pyridine rings is 1. The molecule has 2 aromatic carbocycles. The van der Waals surface area contributed by atoms with Gasteiger partial charge in [-0.3, -0.25) is 0 Å². The maximum atomic E-state index is 11.8. The van der Waals surface area contributed by atoms with Crippen LogP contribution < -0.4 is 0 Å². The van der Waals surface area contributed by atoms with Crippen LogP contribution in [-0.2, 0) is 4.74 Å². The van der Waals surface area contributed by atoms with Crippen LogP contribution in [0.3, 0.4) is 0 Å². The third-order valence-electron chi connectivity index (χ3n) is 4.27. The van der Waals surface area contributed by atoms with E-state index in [0.29, 0.717) is 16.8 Å². The van der Waals surface area contributed by atoms with Gasteiger partial charge in [0.25, 0.3) is 0 Å². The number of carboxylic acids is 1. The Bertz CT molecular complexity index is 1180. The van der Waals surface area contributed by atoms with Crippen molar-refractivity contribution in [1.82, 2.24) is 9.97 Å². The smallest absolute Gasteiger partial charge is 0.354 e. The third kappa shape index (κ3) is 2.48. The number of H-pyrrole nitrogens is 1. The van der Waals surface area contributed by atoms with Gasteiger partial charge in [-0.15, -0.1) is 0 Å². The lowest BCUT2D eigenvalue weighted by Crippen LogP contribution is -2.03. The van der Waals surface area contributed by atoms with E-state index >= 15 is 0 Å². The number of ether oxygens (including phenoxy) is 1. The van der Waals surface area contributed by atoms with E-state index in [2.05, 4.69) is 9.97 Å². The predicted octanol–water partition coefficient (Wildman–Crippen LogP) is 3.87. The average Bonchev–Trinajstić information content (AvgIpc) is 3.05. The highest BCUT2D eigenvalue weighted by molar-refractivity contribution is 6.12. The summed E-state index contributed by atoms with van der Waals surface area (Å²) in [5.41, 5.74) is 3.03. The van der Waals surface area contributed by atoms with Crippen LogP contribution in [0.4, 0.5) is 0 Å². The first-order chi connectivity index (χ1) is 12.6. The molecule has 128 valence electrons. The van der Waals surface area contributed by atoms with Crippen molar-refractivity contribution in [3.05, 3.63) is 65.9 Å². The van der Waals surface area contributed by atoms with Crippen LogP contribution in [0.2, 0.25) is 0 Å². The Morgan fingerprint density at radius 3 is 2.62 bits per heavy atom. The number of esters is 1. The summed E-state index contributed by atoms with van der Waals surface area (Å²) in [4.78, 5) is 31.0. The Kier molecular flexibility index (Phi) is 3.65. The summed E-state index contributed by atoms with van der Waals surface area (Å²) in [5, 5.41) is 11.1. The number of nitrogens with one attached hydrogen (secondary N) is 1. The minimum absolute atomic E-state index is 0.0549. The number of para-hydroxylation sites is 1. The fraction of sp³-hybridized carbons (Fsp3) is 0.0500. The number of aromatic amines is 1. The molecule has 2 N–H and O–H groups in total. The molecule has 2 aromatic heterocycles. The number of hydrogen-bond donors (Lipinski definition) is 2. The van der Waals surface area contributed by atoms with Gasteiger partial charge in [0.15, 0.2) is 0 Å². The van der Waals surface area contributed by atoms with Crippen molar-refractivity contribution < 1.29 is 19.4 Å². The number of nitrogens with zero attached hydrogens (tertiary/aromatic N) is 1. The van der Waals surface area contributed by atoms with Crippen LogP contribution in [0.25, 0.3) is 33.1 Å². The molecule has 0 atom stereocenters. The van der Waals surface area contributed by atoms with E-state index in [0.717, 1.165) is 21.8 Å². The Balaban J connectivity index is 2.05. The van der Waals surface area contributed by atoms with Crippen molar-refractivity contribution >= 4 is 33.7 Å². The second-order valence-corrected chi connectivity index (χ2v) is 5.83. The van der Waals surface area contributed by atoms with E-state index in [9.17, 15) is 14.7 Å². The van der Waals surface area contributed by atoms with Crippen LogP contribution in [-0.4, -0.2) is 34.1 Å². The number of carbonyl (C=O) groups is 2. The van der Waals surface area contributed by atoms with Gasteiger partial charge in [0.05, 0.1) is 23.9 Å². The Morgan fingerprint density at radius 2 is 1.85 bits per heavy atom. The predicted molar refractivity (Wildman–Crippen MR) is 97.3 cm³/mol. The fourth-order valence-electron chi connectivity index (χ4n) is 3.08. The van der Waals surface area contributed by atoms with Crippen molar-refractivity contribution in [2.24, 2.45) is 0 Å².